The zero-order valence-electron chi connectivity index (χ0n) is 11.6. The molecule has 0 aliphatic heterocycles. The van der Waals surface area contributed by atoms with Crippen molar-refractivity contribution in [1.82, 2.24) is 5.32 Å². The van der Waals surface area contributed by atoms with Crippen molar-refractivity contribution in [3.8, 4) is 5.75 Å². The Labute approximate surface area is 114 Å². The molecule has 1 aromatic carbocycles. The zero-order chi connectivity index (χ0) is 13.7. The third-order valence-corrected chi connectivity index (χ3v) is 3.90. The highest BCUT2D eigenvalue weighted by Gasteiger charge is 2.44. The van der Waals surface area contributed by atoms with E-state index in [1.54, 1.807) is 7.11 Å². The van der Waals surface area contributed by atoms with Gasteiger partial charge in [-0.2, -0.15) is 0 Å². The van der Waals surface area contributed by atoms with Crippen LogP contribution in [-0.4, -0.2) is 26.7 Å². The first-order valence-corrected chi connectivity index (χ1v) is 6.63. The summed E-state index contributed by atoms with van der Waals surface area (Å²) in [6, 6.07) is 7.90. The topological polar surface area (TPSA) is 47.6 Å². The molecule has 1 N–H and O–H groups in total. The first-order valence-electron chi connectivity index (χ1n) is 6.63. The largest absolute Gasteiger partial charge is 0.496 e. The minimum atomic E-state index is -0.309. The molecule has 0 bridgehead atoms. The van der Waals surface area contributed by atoms with Crippen molar-refractivity contribution >= 4 is 5.97 Å². The number of rotatable bonds is 6. The SMILES string of the molecule is COC(=O)C1(CNCc2ccccc2OC)CCC1. The molecule has 19 heavy (non-hydrogen) atoms. The van der Waals surface area contributed by atoms with E-state index >= 15 is 0 Å². The van der Waals surface area contributed by atoms with Crippen molar-refractivity contribution in [2.24, 2.45) is 5.41 Å². The van der Waals surface area contributed by atoms with Gasteiger partial charge in [0.2, 0.25) is 0 Å². The molecule has 0 atom stereocenters. The van der Waals surface area contributed by atoms with E-state index in [9.17, 15) is 4.79 Å². The molecular weight excluding hydrogens is 242 g/mol. The molecule has 104 valence electrons. The smallest absolute Gasteiger partial charge is 0.313 e. The van der Waals surface area contributed by atoms with Crippen molar-refractivity contribution in [2.75, 3.05) is 20.8 Å². The van der Waals surface area contributed by atoms with Gasteiger partial charge in [-0.25, -0.2) is 0 Å². The van der Waals surface area contributed by atoms with E-state index < -0.39 is 0 Å². The molecule has 0 aromatic heterocycles. The maximum absolute atomic E-state index is 11.8. The summed E-state index contributed by atoms with van der Waals surface area (Å²) in [5.74, 6) is 0.780. The minimum Gasteiger partial charge on any atom is -0.496 e. The van der Waals surface area contributed by atoms with Gasteiger partial charge in [-0.15, -0.1) is 0 Å². The van der Waals surface area contributed by atoms with Crippen LogP contribution in [0.5, 0.6) is 5.75 Å². The molecule has 4 nitrogen and oxygen atoms in total. The Morgan fingerprint density at radius 3 is 2.63 bits per heavy atom. The van der Waals surface area contributed by atoms with E-state index in [0.29, 0.717) is 13.1 Å². The molecule has 0 radical (unpaired) electrons. The van der Waals surface area contributed by atoms with Crippen LogP contribution in [-0.2, 0) is 16.1 Å². The Balaban J connectivity index is 1.91. The molecule has 4 heteroatoms. The van der Waals surface area contributed by atoms with Gasteiger partial charge in [-0.1, -0.05) is 24.6 Å². The Bertz CT molecular complexity index is 441. The Hall–Kier alpha value is -1.55. The maximum atomic E-state index is 11.8. The number of hydrogen-bond donors (Lipinski definition) is 1. The van der Waals surface area contributed by atoms with E-state index in [1.165, 1.54) is 7.11 Å². The number of methoxy groups -OCH3 is 2. The minimum absolute atomic E-state index is 0.0914. The molecule has 2 rings (SSSR count). The molecule has 0 unspecified atom stereocenters. The molecular formula is C15H21NO3. The molecule has 1 saturated carbocycles. The van der Waals surface area contributed by atoms with E-state index in [-0.39, 0.29) is 11.4 Å². The lowest BCUT2D eigenvalue weighted by Crippen LogP contribution is -2.46. The highest BCUT2D eigenvalue weighted by Crippen LogP contribution is 2.41. The molecule has 0 spiro atoms. The maximum Gasteiger partial charge on any atom is 0.313 e. The Kier molecular flexibility index (Phi) is 4.43. The van der Waals surface area contributed by atoms with Crippen molar-refractivity contribution in [3.05, 3.63) is 29.8 Å². The molecule has 1 aromatic rings. The van der Waals surface area contributed by atoms with Gasteiger partial charge < -0.3 is 14.8 Å². The van der Waals surface area contributed by atoms with Crippen LogP contribution in [0.2, 0.25) is 0 Å². The van der Waals surface area contributed by atoms with Crippen LogP contribution >= 0.6 is 0 Å². The molecule has 1 aliphatic carbocycles. The van der Waals surface area contributed by atoms with Crippen molar-refractivity contribution < 1.29 is 14.3 Å². The predicted octanol–water partition coefficient (Wildman–Crippen LogP) is 2.13. The second-order valence-corrected chi connectivity index (χ2v) is 5.04. The van der Waals surface area contributed by atoms with Gasteiger partial charge in [0.15, 0.2) is 0 Å². The number of nitrogens with one attached hydrogen (secondary N) is 1. The average molecular weight is 263 g/mol. The lowest BCUT2D eigenvalue weighted by atomic mass is 9.68. The van der Waals surface area contributed by atoms with Gasteiger partial charge in [0.05, 0.1) is 19.6 Å². The van der Waals surface area contributed by atoms with E-state index in [1.807, 2.05) is 24.3 Å². The number of esters is 1. The van der Waals surface area contributed by atoms with Crippen LogP contribution in [0, 0.1) is 5.41 Å². The van der Waals surface area contributed by atoms with Crippen molar-refractivity contribution in [1.29, 1.82) is 0 Å². The highest BCUT2D eigenvalue weighted by molar-refractivity contribution is 5.78. The number of benzene rings is 1. The van der Waals surface area contributed by atoms with E-state index in [2.05, 4.69) is 5.32 Å². The number of para-hydroxylation sites is 1. The zero-order valence-corrected chi connectivity index (χ0v) is 11.6. The quantitative estimate of drug-likeness (QED) is 0.799. The molecule has 0 heterocycles. The van der Waals surface area contributed by atoms with Crippen molar-refractivity contribution in [3.63, 3.8) is 0 Å². The van der Waals surface area contributed by atoms with Gasteiger partial charge >= 0.3 is 5.97 Å². The highest BCUT2D eigenvalue weighted by atomic mass is 16.5. The second-order valence-electron chi connectivity index (χ2n) is 5.04. The van der Waals surface area contributed by atoms with Gasteiger partial charge in [0, 0.05) is 18.7 Å². The van der Waals surface area contributed by atoms with E-state index in [0.717, 1.165) is 30.6 Å². The third-order valence-electron chi connectivity index (χ3n) is 3.90. The number of carbonyl (C=O) groups excluding carboxylic acids is 1. The molecule has 1 aliphatic rings. The lowest BCUT2D eigenvalue weighted by Gasteiger charge is -2.39. The Morgan fingerprint density at radius 2 is 2.05 bits per heavy atom. The van der Waals surface area contributed by atoms with Gasteiger partial charge in [0.25, 0.3) is 0 Å². The summed E-state index contributed by atoms with van der Waals surface area (Å²) < 4.78 is 10.2. The number of hydrogen-bond acceptors (Lipinski definition) is 4. The Morgan fingerprint density at radius 1 is 1.32 bits per heavy atom. The molecule has 0 saturated heterocycles. The fourth-order valence-electron chi connectivity index (χ4n) is 2.56. The first-order chi connectivity index (χ1) is 9.22. The van der Waals surface area contributed by atoms with Crippen LogP contribution in [0.4, 0.5) is 0 Å². The summed E-state index contributed by atoms with van der Waals surface area (Å²) in [6.07, 6.45) is 2.93. The predicted molar refractivity (Wildman–Crippen MR) is 73.0 cm³/mol. The average Bonchev–Trinajstić information content (AvgIpc) is 2.41. The van der Waals surface area contributed by atoms with Crippen molar-refractivity contribution in [2.45, 2.75) is 25.8 Å². The third kappa shape index (κ3) is 2.89. The second kappa shape index (κ2) is 6.06. The summed E-state index contributed by atoms with van der Waals surface area (Å²) in [4.78, 5) is 11.8. The summed E-state index contributed by atoms with van der Waals surface area (Å²) in [7, 11) is 3.13. The van der Waals surface area contributed by atoms with Crippen LogP contribution in [0.3, 0.4) is 0 Å². The molecule has 1 fully saturated rings. The lowest BCUT2D eigenvalue weighted by molar-refractivity contribution is -0.158. The summed E-state index contributed by atoms with van der Waals surface area (Å²) in [6.45, 7) is 1.36. The van der Waals surface area contributed by atoms with Gasteiger partial charge in [-0.05, 0) is 18.9 Å². The van der Waals surface area contributed by atoms with Gasteiger partial charge in [-0.3, -0.25) is 4.79 Å². The molecule has 0 amide bonds. The number of ether oxygens (including phenoxy) is 2. The van der Waals surface area contributed by atoms with Crippen LogP contribution < -0.4 is 10.1 Å². The standard InChI is InChI=1S/C15H21NO3/c1-18-13-7-4-3-6-12(13)10-16-11-15(8-5-9-15)14(17)19-2/h3-4,6-7,16H,5,8-11H2,1-2H3. The van der Waals surface area contributed by atoms with Gasteiger partial charge in [0.1, 0.15) is 5.75 Å². The number of carbonyl (C=O) groups is 1. The summed E-state index contributed by atoms with van der Waals surface area (Å²) in [5.41, 5.74) is 0.792. The summed E-state index contributed by atoms with van der Waals surface area (Å²) >= 11 is 0. The van der Waals surface area contributed by atoms with Crippen LogP contribution in [0.25, 0.3) is 0 Å². The monoisotopic (exact) mass is 263 g/mol. The van der Waals surface area contributed by atoms with E-state index in [4.69, 9.17) is 9.47 Å². The normalized spacial score (nSPS) is 16.5. The summed E-state index contributed by atoms with van der Waals surface area (Å²) in [5, 5.41) is 3.35. The first kappa shape index (κ1) is 13.9. The fraction of sp³-hybridized carbons (Fsp3) is 0.533. The fourth-order valence-corrected chi connectivity index (χ4v) is 2.56. The van der Waals surface area contributed by atoms with Crippen LogP contribution in [0.15, 0.2) is 24.3 Å². The van der Waals surface area contributed by atoms with Crippen LogP contribution in [0.1, 0.15) is 24.8 Å².